The van der Waals surface area contributed by atoms with Gasteiger partial charge in [-0.2, -0.15) is 18.2 Å². The van der Waals surface area contributed by atoms with E-state index in [1.807, 2.05) is 61.7 Å². The van der Waals surface area contributed by atoms with Crippen LogP contribution in [0.25, 0.3) is 72.3 Å². The predicted molar refractivity (Wildman–Crippen MR) is 276 cm³/mol. The van der Waals surface area contributed by atoms with E-state index in [2.05, 4.69) is 83.2 Å². The number of fused-ring (bicyclic) bond motifs is 4. The van der Waals surface area contributed by atoms with Gasteiger partial charge in [0.25, 0.3) is 6.33 Å². The standard InChI is InChI=1S/C62H58N4O.Pt/c1-41(60(2,3)4)43-32-33-63-58(36-43)66-54-27-15-14-24-52(54)53-31-30-49(39-57(53)66)67-48-23-18-22-47(38-48)64-40-65(56-29-17-16-28-55(56)64)59-50(42-20-12-11-13-21-42)25-19-26-51(59)44-34-45(61(5,6)7)37-46(35-44)62(8,9)10;/h11-37,41H,1-10H3;/q-2;/i11D,12D,13D,14D,15D,20D,21D,24D,27D,30D,31D,41D;. The number of pyridine rings is 1. The van der Waals surface area contributed by atoms with Crippen molar-refractivity contribution in [2.24, 2.45) is 5.41 Å². The summed E-state index contributed by atoms with van der Waals surface area (Å²) in [6.07, 6.45) is 5.10. The molecule has 5 nitrogen and oxygen atoms in total. The van der Waals surface area contributed by atoms with Crippen molar-refractivity contribution in [2.45, 2.75) is 86.0 Å². The zero-order valence-electron chi connectivity index (χ0n) is 51.8. The van der Waals surface area contributed by atoms with Crippen LogP contribution in [0, 0.1) is 23.9 Å². The van der Waals surface area contributed by atoms with Gasteiger partial charge in [-0.3, -0.25) is 4.57 Å². The Morgan fingerprint density at radius 1 is 0.647 bits per heavy atom. The van der Waals surface area contributed by atoms with E-state index in [4.69, 9.17) is 14.3 Å². The number of para-hydroxylation sites is 4. The van der Waals surface area contributed by atoms with Gasteiger partial charge in [0.1, 0.15) is 5.82 Å². The van der Waals surface area contributed by atoms with Crippen LogP contribution in [0.4, 0.5) is 0 Å². The van der Waals surface area contributed by atoms with E-state index >= 15 is 0 Å². The number of rotatable bonds is 8. The van der Waals surface area contributed by atoms with Crippen LogP contribution < -0.4 is 9.30 Å². The molecule has 3 heterocycles. The Labute approximate surface area is 433 Å². The molecule has 0 saturated carbocycles. The Kier molecular flexibility index (Phi) is 8.88. The summed E-state index contributed by atoms with van der Waals surface area (Å²) in [7, 11) is 0. The topological polar surface area (TPSA) is 35.9 Å². The summed E-state index contributed by atoms with van der Waals surface area (Å²) in [5.74, 6) is -0.978. The van der Waals surface area contributed by atoms with Gasteiger partial charge in [-0.15, -0.1) is 29.6 Å². The molecular formula is C62H58N4OPt-2. The molecule has 0 N–H and O–H groups in total. The molecule has 7 aromatic carbocycles. The van der Waals surface area contributed by atoms with E-state index in [0.29, 0.717) is 33.5 Å². The molecule has 0 aliphatic heterocycles. The first kappa shape index (κ1) is 33.8. The van der Waals surface area contributed by atoms with Crippen LogP contribution in [-0.4, -0.2) is 14.1 Å². The van der Waals surface area contributed by atoms with Crippen LogP contribution in [0.1, 0.15) is 108 Å². The molecule has 3 aromatic heterocycles. The average Bonchev–Trinajstić information content (AvgIpc) is 4.14. The molecule has 0 amide bonds. The summed E-state index contributed by atoms with van der Waals surface area (Å²) in [5.41, 5.74) is 6.16. The number of ether oxygens (including phenoxy) is 1. The number of nitrogens with zero attached hydrogens (tertiary/aromatic N) is 4. The van der Waals surface area contributed by atoms with Crippen molar-refractivity contribution in [2.75, 3.05) is 0 Å². The van der Waals surface area contributed by atoms with Crippen molar-refractivity contribution >= 4 is 32.8 Å². The van der Waals surface area contributed by atoms with Crippen LogP contribution in [0.2, 0.25) is 0 Å². The number of benzene rings is 7. The number of imidazole rings is 1. The van der Waals surface area contributed by atoms with Crippen molar-refractivity contribution in [1.82, 2.24) is 14.1 Å². The molecule has 0 aliphatic carbocycles. The van der Waals surface area contributed by atoms with Gasteiger partial charge >= 0.3 is 0 Å². The van der Waals surface area contributed by atoms with E-state index < -0.39 is 53.6 Å². The summed E-state index contributed by atoms with van der Waals surface area (Å²) >= 11 is 0. The Balaban J connectivity index is 0.00000774. The van der Waals surface area contributed by atoms with E-state index in [1.165, 1.54) is 4.57 Å². The molecule has 344 valence electrons. The molecule has 0 radical (unpaired) electrons. The van der Waals surface area contributed by atoms with Crippen LogP contribution in [0.3, 0.4) is 0 Å². The monoisotopic (exact) mass is 1080 g/mol. The Bertz CT molecular complexity index is 4120. The van der Waals surface area contributed by atoms with Gasteiger partial charge in [0.05, 0.1) is 29.1 Å². The van der Waals surface area contributed by atoms with Gasteiger partial charge in [-0.25, -0.2) is 4.98 Å². The Hall–Kier alpha value is -6.55. The van der Waals surface area contributed by atoms with Gasteiger partial charge in [-0.1, -0.05) is 184 Å². The fourth-order valence-corrected chi connectivity index (χ4v) is 8.37. The minimum absolute atomic E-state index is 0. The van der Waals surface area contributed by atoms with E-state index in [9.17, 15) is 6.85 Å². The van der Waals surface area contributed by atoms with Crippen LogP contribution in [0.5, 0.6) is 11.5 Å². The molecule has 0 spiro atoms. The fraction of sp³-hybridized carbons (Fsp3) is 0.226. The second kappa shape index (κ2) is 17.8. The van der Waals surface area contributed by atoms with E-state index in [1.54, 1.807) is 54.1 Å². The molecule has 0 bridgehead atoms. The molecule has 0 saturated heterocycles. The molecule has 1 unspecified atom stereocenters. The third kappa shape index (κ3) is 8.74. The number of aromatic nitrogens is 4. The maximum Gasteiger partial charge on any atom is 0.268 e. The second-order valence-electron chi connectivity index (χ2n) is 20.0. The average molecular weight is 1080 g/mol. The van der Waals surface area contributed by atoms with Crippen molar-refractivity contribution in [3.05, 3.63) is 199 Å². The number of hydrogen-bond acceptors (Lipinski definition) is 2. The van der Waals surface area contributed by atoms with Gasteiger partial charge in [-0.05, 0) is 91.7 Å². The predicted octanol–water partition coefficient (Wildman–Crippen LogP) is 15.7. The van der Waals surface area contributed by atoms with Crippen LogP contribution in [-0.2, 0) is 31.9 Å². The third-order valence-electron chi connectivity index (χ3n) is 12.4. The van der Waals surface area contributed by atoms with Crippen molar-refractivity contribution in [3.8, 4) is 50.9 Å². The van der Waals surface area contributed by atoms with Crippen LogP contribution >= 0.6 is 0 Å². The normalized spacial score (nSPS) is 15.6. The van der Waals surface area contributed by atoms with Crippen molar-refractivity contribution in [1.29, 1.82) is 0 Å². The molecule has 1 atom stereocenters. The zero-order chi connectivity index (χ0) is 57.3. The molecule has 0 fully saturated rings. The van der Waals surface area contributed by atoms with Crippen LogP contribution in [0.15, 0.2) is 164 Å². The van der Waals surface area contributed by atoms with Gasteiger partial charge in [0.15, 0.2) is 0 Å². The smallest absolute Gasteiger partial charge is 0.268 e. The summed E-state index contributed by atoms with van der Waals surface area (Å²) in [4.78, 5) is 4.65. The largest absolute Gasteiger partial charge is 0.510 e. The maximum absolute atomic E-state index is 9.44. The molecule has 68 heavy (non-hydrogen) atoms. The Morgan fingerprint density at radius 3 is 2.04 bits per heavy atom. The summed E-state index contributed by atoms with van der Waals surface area (Å²) < 4.78 is 120. The van der Waals surface area contributed by atoms with Gasteiger partial charge in [0.2, 0.25) is 0 Å². The van der Waals surface area contributed by atoms with Gasteiger partial charge < -0.3 is 13.9 Å². The molecular weight excluding hydrogens is 1010 g/mol. The zero-order valence-corrected chi connectivity index (χ0v) is 42.0. The molecule has 10 aromatic rings. The molecule has 0 aliphatic rings. The molecule has 6 heteroatoms. The van der Waals surface area contributed by atoms with Crippen molar-refractivity contribution < 1.29 is 46.8 Å². The summed E-state index contributed by atoms with van der Waals surface area (Å²) in [6, 6.07) is 30.1. The minimum Gasteiger partial charge on any atom is -0.510 e. The van der Waals surface area contributed by atoms with E-state index in [0.717, 1.165) is 22.3 Å². The molecule has 10 rings (SSSR count). The third-order valence-corrected chi connectivity index (χ3v) is 12.4. The summed E-state index contributed by atoms with van der Waals surface area (Å²) in [6.45, 7) is 20.6. The maximum atomic E-state index is 9.44. The first-order chi connectivity index (χ1) is 36.9. The van der Waals surface area contributed by atoms with Crippen molar-refractivity contribution in [3.63, 3.8) is 0 Å². The second-order valence-corrected chi connectivity index (χ2v) is 20.0. The van der Waals surface area contributed by atoms with Gasteiger partial charge in [0, 0.05) is 47.0 Å². The quantitative estimate of drug-likeness (QED) is 0.112. The fourth-order valence-electron chi connectivity index (χ4n) is 8.37. The minimum atomic E-state index is -1.12. The first-order valence-electron chi connectivity index (χ1n) is 28.4. The Morgan fingerprint density at radius 2 is 1.32 bits per heavy atom. The first-order valence-corrected chi connectivity index (χ1v) is 22.4. The number of hydrogen-bond donors (Lipinski definition) is 0. The summed E-state index contributed by atoms with van der Waals surface area (Å²) in [5, 5.41) is 0.0680. The SMILES string of the molecule is [2H]c1c([2H])c([2H])c(-c2cccc(-c3cc(C(C)(C)C)cc(C(C)(C)C)c3)c2-[n+]2[c-]n(-c3[c-]c(Oc4[c-]c5c(c([2H])c4[2H])c4c([2H])c([2H])c([2H])c([2H])c4n5-c4cc(C([2H])(C)C(C)(C)C)ccn4)ccc3)c3ccccc32)c([2H])c1[2H].[Pt]. The van der Waals surface area contributed by atoms with E-state index in [-0.39, 0.29) is 101 Å².